The molecule has 0 saturated carbocycles. The van der Waals surface area contributed by atoms with Crippen LogP contribution in [-0.2, 0) is 20.7 Å². The number of carbonyl (C=O) groups is 1. The van der Waals surface area contributed by atoms with E-state index in [4.69, 9.17) is 9.47 Å². The van der Waals surface area contributed by atoms with Gasteiger partial charge in [-0.05, 0) is 17.7 Å². The van der Waals surface area contributed by atoms with Gasteiger partial charge in [-0.25, -0.2) is 4.98 Å². The highest BCUT2D eigenvalue weighted by molar-refractivity contribution is 9.10. The Hall–Kier alpha value is -1.86. The van der Waals surface area contributed by atoms with Crippen LogP contribution in [-0.4, -0.2) is 24.1 Å². The largest absolute Gasteiger partial charge is 0.494 e. The number of amides is 1. The average Bonchev–Trinajstić information content (AvgIpc) is 2.97. The Kier molecular flexibility index (Phi) is 4.74. The highest BCUT2D eigenvalue weighted by atomic mass is 79.9. The second-order valence-corrected chi connectivity index (χ2v) is 6.62. The summed E-state index contributed by atoms with van der Waals surface area (Å²) in [5.41, 5.74) is 1.19. The van der Waals surface area contributed by atoms with Gasteiger partial charge < -0.3 is 9.47 Å². The molecule has 1 aliphatic heterocycles. The van der Waals surface area contributed by atoms with E-state index in [1.54, 1.807) is 6.20 Å². The van der Waals surface area contributed by atoms with Gasteiger partial charge in [0, 0.05) is 22.0 Å². The summed E-state index contributed by atoms with van der Waals surface area (Å²) in [6.07, 6.45) is 3.88. The van der Waals surface area contributed by atoms with E-state index in [1.165, 1.54) is 23.2 Å². The Morgan fingerprint density at radius 3 is 2.86 bits per heavy atom. The Morgan fingerprint density at radius 2 is 2.14 bits per heavy atom. The van der Waals surface area contributed by atoms with Crippen LogP contribution < -0.4 is 5.32 Å². The minimum atomic E-state index is -0.343. The third-order valence-electron chi connectivity index (χ3n) is 2.94. The first-order valence-corrected chi connectivity index (χ1v) is 8.27. The smallest absolute Gasteiger partial charge is 0.295 e. The number of carbonyl (C=O) groups excluding carboxylic acids is 1. The number of rotatable bonds is 4. The lowest BCUT2D eigenvalue weighted by atomic mass is 10.1. The predicted octanol–water partition coefficient (Wildman–Crippen LogP) is 3.32. The fourth-order valence-electron chi connectivity index (χ4n) is 1.90. The molecule has 0 bridgehead atoms. The standard InChI is InChI=1S/C15H13BrN2O3S/c16-11-3-1-10(2-4-11)7-12-8-17-15(22-12)18-14(19)13-9-20-5-6-21-13/h1-4,8-9H,5-7H2,(H,17,18,19). The molecule has 0 atom stereocenters. The van der Waals surface area contributed by atoms with Crippen molar-refractivity contribution in [1.82, 2.24) is 4.98 Å². The number of halogens is 1. The Morgan fingerprint density at radius 1 is 1.32 bits per heavy atom. The number of hydrogen-bond donors (Lipinski definition) is 1. The second kappa shape index (κ2) is 6.93. The van der Waals surface area contributed by atoms with Crippen molar-refractivity contribution in [3.05, 3.63) is 57.4 Å². The molecule has 0 radical (unpaired) electrons. The molecular formula is C15H13BrN2O3S. The third-order valence-corrected chi connectivity index (χ3v) is 4.38. The number of benzene rings is 1. The highest BCUT2D eigenvalue weighted by Gasteiger charge is 2.16. The van der Waals surface area contributed by atoms with Crippen LogP contribution in [0.4, 0.5) is 5.13 Å². The van der Waals surface area contributed by atoms with Gasteiger partial charge in [0.1, 0.15) is 19.5 Å². The van der Waals surface area contributed by atoms with E-state index >= 15 is 0 Å². The molecule has 1 aromatic heterocycles. The first-order valence-electron chi connectivity index (χ1n) is 6.66. The van der Waals surface area contributed by atoms with Crippen LogP contribution in [0.5, 0.6) is 0 Å². The van der Waals surface area contributed by atoms with Crippen molar-refractivity contribution in [3.63, 3.8) is 0 Å². The highest BCUT2D eigenvalue weighted by Crippen LogP contribution is 2.22. The zero-order valence-electron chi connectivity index (χ0n) is 11.5. The number of anilines is 1. The van der Waals surface area contributed by atoms with Crippen LogP contribution in [0.1, 0.15) is 10.4 Å². The van der Waals surface area contributed by atoms with Gasteiger partial charge in [-0.15, -0.1) is 11.3 Å². The van der Waals surface area contributed by atoms with Crippen molar-refractivity contribution in [3.8, 4) is 0 Å². The predicted molar refractivity (Wildman–Crippen MR) is 87.7 cm³/mol. The van der Waals surface area contributed by atoms with Crippen molar-refractivity contribution in [2.75, 3.05) is 18.5 Å². The van der Waals surface area contributed by atoms with Gasteiger partial charge in [-0.1, -0.05) is 28.1 Å². The summed E-state index contributed by atoms with van der Waals surface area (Å²) in [4.78, 5) is 17.2. The average molecular weight is 381 g/mol. The van der Waals surface area contributed by atoms with Gasteiger partial charge >= 0.3 is 0 Å². The summed E-state index contributed by atoms with van der Waals surface area (Å²) in [6.45, 7) is 0.845. The maximum absolute atomic E-state index is 11.9. The Labute approximate surface area is 140 Å². The van der Waals surface area contributed by atoms with Crippen LogP contribution in [0, 0.1) is 0 Å². The lowest BCUT2D eigenvalue weighted by molar-refractivity contribution is -0.117. The van der Waals surface area contributed by atoms with Crippen molar-refractivity contribution < 1.29 is 14.3 Å². The number of aromatic nitrogens is 1. The minimum absolute atomic E-state index is 0.177. The molecule has 5 nitrogen and oxygen atoms in total. The zero-order valence-corrected chi connectivity index (χ0v) is 13.9. The monoisotopic (exact) mass is 380 g/mol. The number of ether oxygens (including phenoxy) is 2. The second-order valence-electron chi connectivity index (χ2n) is 4.59. The van der Waals surface area contributed by atoms with E-state index in [0.29, 0.717) is 18.3 Å². The summed E-state index contributed by atoms with van der Waals surface area (Å²) in [5.74, 6) is -0.167. The maximum Gasteiger partial charge on any atom is 0.295 e. The van der Waals surface area contributed by atoms with Gasteiger partial charge in [0.2, 0.25) is 5.76 Å². The summed E-state index contributed by atoms with van der Waals surface area (Å²) in [6, 6.07) is 8.12. The molecule has 0 unspecified atom stereocenters. The van der Waals surface area contributed by atoms with Crippen LogP contribution >= 0.6 is 27.3 Å². The van der Waals surface area contributed by atoms with Crippen LogP contribution in [0.25, 0.3) is 0 Å². The summed E-state index contributed by atoms with van der Waals surface area (Å²) < 4.78 is 11.3. The van der Waals surface area contributed by atoms with E-state index in [0.717, 1.165) is 15.8 Å². The van der Waals surface area contributed by atoms with Gasteiger partial charge in [-0.3, -0.25) is 10.1 Å². The quantitative estimate of drug-likeness (QED) is 0.883. The van der Waals surface area contributed by atoms with Crippen LogP contribution in [0.3, 0.4) is 0 Å². The van der Waals surface area contributed by atoms with E-state index in [-0.39, 0.29) is 11.7 Å². The molecule has 0 aliphatic carbocycles. The fourth-order valence-corrected chi connectivity index (χ4v) is 3.00. The molecule has 0 saturated heterocycles. The molecule has 0 spiro atoms. The molecule has 2 heterocycles. The fraction of sp³-hybridized carbons (Fsp3) is 0.200. The van der Waals surface area contributed by atoms with Crippen LogP contribution in [0.2, 0.25) is 0 Å². The van der Waals surface area contributed by atoms with Gasteiger partial charge in [0.25, 0.3) is 5.91 Å². The van der Waals surface area contributed by atoms with Gasteiger partial charge in [0.15, 0.2) is 5.13 Å². The number of thiazole rings is 1. The molecule has 7 heteroatoms. The van der Waals surface area contributed by atoms with Gasteiger partial charge in [-0.2, -0.15) is 0 Å². The van der Waals surface area contributed by atoms with E-state index in [9.17, 15) is 4.79 Å². The summed E-state index contributed by atoms with van der Waals surface area (Å²) >= 11 is 4.86. The van der Waals surface area contributed by atoms with Crippen molar-refractivity contribution in [2.24, 2.45) is 0 Å². The van der Waals surface area contributed by atoms with E-state index in [1.807, 2.05) is 12.1 Å². The summed E-state index contributed by atoms with van der Waals surface area (Å²) in [5, 5.41) is 3.26. The van der Waals surface area contributed by atoms with E-state index in [2.05, 4.69) is 38.4 Å². The zero-order chi connectivity index (χ0) is 15.4. The molecule has 1 amide bonds. The molecular weight excluding hydrogens is 368 g/mol. The van der Waals surface area contributed by atoms with Crippen molar-refractivity contribution >= 4 is 38.3 Å². The first kappa shape index (κ1) is 15.1. The van der Waals surface area contributed by atoms with Crippen molar-refractivity contribution in [2.45, 2.75) is 6.42 Å². The van der Waals surface area contributed by atoms with Crippen LogP contribution in [0.15, 0.2) is 47.0 Å². The number of nitrogens with zero attached hydrogens (tertiary/aromatic N) is 1. The Balaban J connectivity index is 1.62. The molecule has 1 N–H and O–H groups in total. The van der Waals surface area contributed by atoms with Crippen molar-refractivity contribution in [1.29, 1.82) is 0 Å². The molecule has 0 fully saturated rings. The number of hydrogen-bond acceptors (Lipinski definition) is 5. The molecule has 22 heavy (non-hydrogen) atoms. The molecule has 3 rings (SSSR count). The Bertz CT molecular complexity index is 697. The van der Waals surface area contributed by atoms with Gasteiger partial charge in [0.05, 0.1) is 0 Å². The lowest BCUT2D eigenvalue weighted by Gasteiger charge is -2.14. The first-order chi connectivity index (χ1) is 10.7. The molecule has 2 aromatic rings. The minimum Gasteiger partial charge on any atom is -0.494 e. The lowest BCUT2D eigenvalue weighted by Crippen LogP contribution is -2.20. The third kappa shape index (κ3) is 3.86. The normalized spacial score (nSPS) is 13.8. The molecule has 1 aromatic carbocycles. The topological polar surface area (TPSA) is 60.5 Å². The number of nitrogens with one attached hydrogen (secondary N) is 1. The molecule has 1 aliphatic rings. The molecule has 114 valence electrons. The summed E-state index contributed by atoms with van der Waals surface area (Å²) in [7, 11) is 0. The SMILES string of the molecule is O=C(Nc1ncc(Cc2ccc(Br)cc2)s1)C1=COCCO1. The maximum atomic E-state index is 11.9. The van der Waals surface area contributed by atoms with E-state index < -0.39 is 0 Å².